The Morgan fingerprint density at radius 2 is 1.84 bits per heavy atom. The maximum atomic E-state index is 6.31. The standard InChI is InChI=1S/C16H32O3/c1-6-8-9-11-14(10-7-2)19-16(17-5)15(3,4)12-13-18-16/h14H,6-13H2,1-5H3. The molecule has 0 aromatic heterocycles. The third-order valence-corrected chi connectivity index (χ3v) is 4.18. The number of hydrogen-bond donors (Lipinski definition) is 0. The molecule has 3 heteroatoms. The quantitative estimate of drug-likeness (QED) is 0.457. The van der Waals surface area contributed by atoms with Crippen LogP contribution in [0.25, 0.3) is 0 Å². The molecule has 0 aromatic rings. The number of unbranched alkanes of at least 4 members (excludes halogenated alkanes) is 2. The smallest absolute Gasteiger partial charge is 0.288 e. The molecule has 3 nitrogen and oxygen atoms in total. The number of methoxy groups -OCH3 is 1. The van der Waals surface area contributed by atoms with Gasteiger partial charge in [-0.1, -0.05) is 53.4 Å². The molecule has 0 amide bonds. The average molecular weight is 272 g/mol. The van der Waals surface area contributed by atoms with Crippen molar-refractivity contribution in [2.75, 3.05) is 13.7 Å². The van der Waals surface area contributed by atoms with Crippen molar-refractivity contribution in [3.05, 3.63) is 0 Å². The number of ether oxygens (including phenoxy) is 3. The molecule has 0 bridgehead atoms. The van der Waals surface area contributed by atoms with Gasteiger partial charge in [0.1, 0.15) is 0 Å². The average Bonchev–Trinajstić information content (AvgIpc) is 2.65. The fraction of sp³-hybridized carbons (Fsp3) is 1.00. The number of hydrogen-bond acceptors (Lipinski definition) is 3. The molecule has 1 saturated heterocycles. The zero-order valence-electron chi connectivity index (χ0n) is 13.5. The van der Waals surface area contributed by atoms with Crippen LogP contribution in [0.4, 0.5) is 0 Å². The molecule has 114 valence electrons. The molecule has 0 spiro atoms. The van der Waals surface area contributed by atoms with Crippen molar-refractivity contribution in [1.82, 2.24) is 0 Å². The highest BCUT2D eigenvalue weighted by molar-refractivity contribution is 4.86. The Hall–Kier alpha value is -0.120. The van der Waals surface area contributed by atoms with Crippen LogP contribution in [0.15, 0.2) is 0 Å². The van der Waals surface area contributed by atoms with E-state index in [1.165, 1.54) is 19.3 Å². The van der Waals surface area contributed by atoms with Gasteiger partial charge in [0.15, 0.2) is 0 Å². The molecule has 0 N–H and O–H groups in total. The van der Waals surface area contributed by atoms with Crippen molar-refractivity contribution in [1.29, 1.82) is 0 Å². The molecule has 0 aromatic carbocycles. The molecule has 1 aliphatic rings. The first-order chi connectivity index (χ1) is 9.01. The molecule has 2 unspecified atom stereocenters. The molecule has 0 saturated carbocycles. The lowest BCUT2D eigenvalue weighted by molar-refractivity contribution is -0.402. The zero-order chi connectivity index (χ0) is 14.4. The van der Waals surface area contributed by atoms with E-state index < -0.39 is 5.97 Å². The van der Waals surface area contributed by atoms with Crippen LogP contribution in [0, 0.1) is 5.41 Å². The Morgan fingerprint density at radius 3 is 2.32 bits per heavy atom. The first-order valence-electron chi connectivity index (χ1n) is 7.88. The van der Waals surface area contributed by atoms with Crippen LogP contribution in [0.3, 0.4) is 0 Å². The van der Waals surface area contributed by atoms with Crippen LogP contribution < -0.4 is 0 Å². The van der Waals surface area contributed by atoms with Gasteiger partial charge in [-0.25, -0.2) is 0 Å². The van der Waals surface area contributed by atoms with Gasteiger partial charge in [0.05, 0.1) is 12.7 Å². The van der Waals surface area contributed by atoms with Gasteiger partial charge in [0, 0.05) is 12.5 Å². The highest BCUT2D eigenvalue weighted by Gasteiger charge is 2.53. The summed E-state index contributed by atoms with van der Waals surface area (Å²) in [5.41, 5.74) is -0.0848. The second-order valence-corrected chi connectivity index (χ2v) is 6.27. The zero-order valence-corrected chi connectivity index (χ0v) is 13.5. The van der Waals surface area contributed by atoms with Crippen molar-refractivity contribution < 1.29 is 14.2 Å². The van der Waals surface area contributed by atoms with E-state index in [1.807, 2.05) is 0 Å². The Bertz CT molecular complexity index is 252. The summed E-state index contributed by atoms with van der Waals surface area (Å²) in [6, 6.07) is 0. The minimum atomic E-state index is -0.848. The Kier molecular flexibility index (Phi) is 6.78. The van der Waals surface area contributed by atoms with E-state index >= 15 is 0 Å². The van der Waals surface area contributed by atoms with Gasteiger partial charge < -0.3 is 14.2 Å². The predicted octanol–water partition coefficient (Wildman–Crippen LogP) is 4.50. The van der Waals surface area contributed by atoms with E-state index in [2.05, 4.69) is 27.7 Å². The SMILES string of the molecule is CCCCCC(CCC)OC1(OC)OCCC1(C)C. The van der Waals surface area contributed by atoms with Crippen LogP contribution >= 0.6 is 0 Å². The molecule has 1 aliphatic heterocycles. The largest absolute Gasteiger partial charge is 0.330 e. The lowest BCUT2D eigenvalue weighted by Gasteiger charge is -2.40. The Labute approximate surface area is 119 Å². The summed E-state index contributed by atoms with van der Waals surface area (Å²) in [6.45, 7) is 9.48. The highest BCUT2D eigenvalue weighted by atomic mass is 16.9. The predicted molar refractivity (Wildman–Crippen MR) is 78.0 cm³/mol. The third kappa shape index (κ3) is 4.17. The van der Waals surface area contributed by atoms with Gasteiger partial charge in [-0.15, -0.1) is 0 Å². The minimum Gasteiger partial charge on any atom is -0.330 e. The third-order valence-electron chi connectivity index (χ3n) is 4.18. The Balaban J connectivity index is 2.64. The number of rotatable bonds is 9. The van der Waals surface area contributed by atoms with Crippen LogP contribution in [-0.4, -0.2) is 25.8 Å². The maximum Gasteiger partial charge on any atom is 0.288 e. The van der Waals surface area contributed by atoms with Crippen molar-refractivity contribution in [2.24, 2.45) is 5.41 Å². The monoisotopic (exact) mass is 272 g/mol. The molecule has 19 heavy (non-hydrogen) atoms. The van der Waals surface area contributed by atoms with Crippen LogP contribution in [0.5, 0.6) is 0 Å². The van der Waals surface area contributed by atoms with Gasteiger partial charge >= 0.3 is 0 Å². The molecule has 2 atom stereocenters. The Morgan fingerprint density at radius 1 is 1.11 bits per heavy atom. The fourth-order valence-electron chi connectivity index (χ4n) is 2.79. The van der Waals surface area contributed by atoms with Crippen LogP contribution in [-0.2, 0) is 14.2 Å². The van der Waals surface area contributed by atoms with E-state index in [9.17, 15) is 0 Å². The van der Waals surface area contributed by atoms with E-state index in [0.717, 1.165) is 25.7 Å². The first kappa shape index (κ1) is 16.9. The molecule has 1 rings (SSSR count). The van der Waals surface area contributed by atoms with E-state index in [4.69, 9.17) is 14.2 Å². The van der Waals surface area contributed by atoms with Crippen molar-refractivity contribution in [3.63, 3.8) is 0 Å². The van der Waals surface area contributed by atoms with E-state index in [0.29, 0.717) is 6.61 Å². The maximum absolute atomic E-state index is 6.31. The van der Waals surface area contributed by atoms with Crippen molar-refractivity contribution in [2.45, 2.75) is 84.7 Å². The summed E-state index contributed by atoms with van der Waals surface area (Å²) < 4.78 is 17.8. The molecular weight excluding hydrogens is 240 g/mol. The fourth-order valence-corrected chi connectivity index (χ4v) is 2.79. The molecular formula is C16H32O3. The summed E-state index contributed by atoms with van der Waals surface area (Å²) in [4.78, 5) is 0. The van der Waals surface area contributed by atoms with Crippen molar-refractivity contribution >= 4 is 0 Å². The van der Waals surface area contributed by atoms with Gasteiger partial charge in [0.25, 0.3) is 5.97 Å². The first-order valence-corrected chi connectivity index (χ1v) is 7.88. The summed E-state index contributed by atoms with van der Waals surface area (Å²) in [5.74, 6) is -0.848. The summed E-state index contributed by atoms with van der Waals surface area (Å²) in [7, 11) is 1.70. The molecule has 1 fully saturated rings. The second kappa shape index (κ2) is 7.61. The lowest BCUT2D eigenvalue weighted by atomic mass is 9.88. The molecule has 0 aliphatic carbocycles. The van der Waals surface area contributed by atoms with Crippen LogP contribution in [0.1, 0.15) is 72.6 Å². The lowest BCUT2D eigenvalue weighted by Crippen LogP contribution is -2.48. The second-order valence-electron chi connectivity index (χ2n) is 6.27. The van der Waals surface area contributed by atoms with Gasteiger partial charge in [0.2, 0.25) is 0 Å². The van der Waals surface area contributed by atoms with Gasteiger partial charge in [-0.2, -0.15) is 0 Å². The minimum absolute atomic E-state index is 0.0848. The summed E-state index contributed by atoms with van der Waals surface area (Å²) >= 11 is 0. The molecule has 0 radical (unpaired) electrons. The topological polar surface area (TPSA) is 27.7 Å². The van der Waals surface area contributed by atoms with E-state index in [1.54, 1.807) is 7.11 Å². The van der Waals surface area contributed by atoms with Gasteiger partial charge in [-0.3, -0.25) is 0 Å². The molecule has 1 heterocycles. The van der Waals surface area contributed by atoms with E-state index in [-0.39, 0.29) is 11.5 Å². The summed E-state index contributed by atoms with van der Waals surface area (Å²) in [5, 5.41) is 0. The van der Waals surface area contributed by atoms with Gasteiger partial charge in [-0.05, 0) is 19.3 Å². The summed E-state index contributed by atoms with van der Waals surface area (Å²) in [6.07, 6.45) is 8.28. The highest BCUT2D eigenvalue weighted by Crippen LogP contribution is 2.45. The van der Waals surface area contributed by atoms with Crippen molar-refractivity contribution in [3.8, 4) is 0 Å². The normalized spacial score (nSPS) is 27.6. The van der Waals surface area contributed by atoms with Crippen LogP contribution in [0.2, 0.25) is 0 Å².